The Hall–Kier alpha value is -0.120. The van der Waals surface area contributed by atoms with Crippen molar-refractivity contribution in [1.29, 1.82) is 0 Å². The van der Waals surface area contributed by atoms with E-state index in [0.717, 1.165) is 19.3 Å². The summed E-state index contributed by atoms with van der Waals surface area (Å²) >= 11 is 0. The summed E-state index contributed by atoms with van der Waals surface area (Å²) in [5.74, 6) is 0. The van der Waals surface area contributed by atoms with Crippen molar-refractivity contribution >= 4 is 0 Å². The molecule has 18 heavy (non-hydrogen) atoms. The van der Waals surface area contributed by atoms with Crippen molar-refractivity contribution in [3.63, 3.8) is 0 Å². The Labute approximate surface area is 113 Å². The second kappa shape index (κ2) is 10.8. The zero-order chi connectivity index (χ0) is 13.1. The normalized spacial score (nSPS) is 18.3. The van der Waals surface area contributed by atoms with Crippen LogP contribution in [0, 0.1) is 0 Å². The van der Waals surface area contributed by atoms with E-state index in [1.807, 2.05) is 0 Å². The maximum atomic E-state index is 5.60. The Balaban J connectivity index is 1.92. The molecule has 1 rings (SSSR count). The number of unbranched alkanes of at least 4 members (excludes halogenated alkanes) is 1. The van der Waals surface area contributed by atoms with Gasteiger partial charge in [0.15, 0.2) is 0 Å². The average Bonchev–Trinajstić information content (AvgIpc) is 2.42. The van der Waals surface area contributed by atoms with Gasteiger partial charge in [0.05, 0.1) is 0 Å². The molecule has 0 saturated carbocycles. The minimum Gasteiger partial charge on any atom is -0.381 e. The van der Waals surface area contributed by atoms with Crippen LogP contribution >= 0.6 is 0 Å². The van der Waals surface area contributed by atoms with E-state index in [9.17, 15) is 0 Å². The van der Waals surface area contributed by atoms with Gasteiger partial charge in [-0.05, 0) is 51.7 Å². The van der Waals surface area contributed by atoms with Crippen LogP contribution in [0.15, 0.2) is 0 Å². The summed E-state index contributed by atoms with van der Waals surface area (Å²) in [5.41, 5.74) is 0. The molecule has 0 spiro atoms. The SMILES string of the molecule is CCCCOCCCN1CCC(NCCC)CC1. The second-order valence-electron chi connectivity index (χ2n) is 5.39. The van der Waals surface area contributed by atoms with E-state index in [4.69, 9.17) is 4.74 Å². The molecule has 108 valence electrons. The van der Waals surface area contributed by atoms with Crippen molar-refractivity contribution in [1.82, 2.24) is 10.2 Å². The predicted molar refractivity (Wildman–Crippen MR) is 78.1 cm³/mol. The second-order valence-corrected chi connectivity index (χ2v) is 5.39. The molecule has 0 bridgehead atoms. The highest BCUT2D eigenvalue weighted by Gasteiger charge is 2.17. The van der Waals surface area contributed by atoms with Crippen molar-refractivity contribution in [2.75, 3.05) is 39.4 Å². The summed E-state index contributed by atoms with van der Waals surface area (Å²) in [6.07, 6.45) is 7.51. The average molecular weight is 256 g/mol. The molecule has 0 radical (unpaired) electrons. The third-order valence-corrected chi connectivity index (χ3v) is 3.68. The van der Waals surface area contributed by atoms with Crippen LogP contribution in [-0.2, 0) is 4.74 Å². The van der Waals surface area contributed by atoms with Crippen molar-refractivity contribution in [2.45, 2.75) is 58.4 Å². The van der Waals surface area contributed by atoms with Gasteiger partial charge >= 0.3 is 0 Å². The predicted octanol–water partition coefficient (Wildman–Crippen LogP) is 2.66. The molecule has 0 atom stereocenters. The number of hydrogen-bond acceptors (Lipinski definition) is 3. The molecule has 1 aliphatic heterocycles. The highest BCUT2D eigenvalue weighted by molar-refractivity contribution is 4.76. The largest absolute Gasteiger partial charge is 0.381 e. The Bertz CT molecular complexity index is 179. The maximum absolute atomic E-state index is 5.60. The minimum absolute atomic E-state index is 0.766. The Morgan fingerprint density at radius 1 is 1.06 bits per heavy atom. The third-order valence-electron chi connectivity index (χ3n) is 3.68. The zero-order valence-corrected chi connectivity index (χ0v) is 12.4. The molecular formula is C15H32N2O. The number of hydrogen-bond donors (Lipinski definition) is 1. The Morgan fingerprint density at radius 2 is 1.78 bits per heavy atom. The first-order chi connectivity index (χ1) is 8.86. The van der Waals surface area contributed by atoms with Gasteiger partial charge in [-0.25, -0.2) is 0 Å². The third kappa shape index (κ3) is 7.34. The van der Waals surface area contributed by atoms with Gasteiger partial charge in [-0.15, -0.1) is 0 Å². The van der Waals surface area contributed by atoms with Crippen LogP contribution in [0.4, 0.5) is 0 Å². The number of nitrogens with one attached hydrogen (secondary N) is 1. The number of piperidine rings is 1. The number of rotatable bonds is 10. The van der Waals surface area contributed by atoms with Crippen LogP contribution in [0.2, 0.25) is 0 Å². The van der Waals surface area contributed by atoms with Crippen LogP contribution in [0.1, 0.15) is 52.4 Å². The van der Waals surface area contributed by atoms with E-state index in [1.54, 1.807) is 0 Å². The summed E-state index contributed by atoms with van der Waals surface area (Å²) in [6.45, 7) is 11.2. The Kier molecular flexibility index (Phi) is 9.54. The van der Waals surface area contributed by atoms with E-state index in [2.05, 4.69) is 24.1 Å². The molecule has 3 heteroatoms. The Morgan fingerprint density at radius 3 is 2.44 bits per heavy atom. The van der Waals surface area contributed by atoms with Crippen LogP contribution in [0.5, 0.6) is 0 Å². The molecule has 0 amide bonds. The summed E-state index contributed by atoms with van der Waals surface area (Å²) in [5, 5.41) is 3.63. The number of likely N-dealkylation sites (tertiary alicyclic amines) is 1. The van der Waals surface area contributed by atoms with Crippen molar-refractivity contribution < 1.29 is 4.74 Å². The van der Waals surface area contributed by atoms with Gasteiger partial charge in [-0.1, -0.05) is 20.3 Å². The summed E-state index contributed by atoms with van der Waals surface area (Å²) in [6, 6.07) is 0.766. The molecule has 1 heterocycles. The lowest BCUT2D eigenvalue weighted by atomic mass is 10.0. The lowest BCUT2D eigenvalue weighted by molar-refractivity contribution is 0.112. The first kappa shape index (κ1) is 15.9. The molecule has 1 fully saturated rings. The summed E-state index contributed by atoms with van der Waals surface area (Å²) < 4.78 is 5.60. The van der Waals surface area contributed by atoms with Crippen LogP contribution in [-0.4, -0.2) is 50.3 Å². The molecule has 1 N–H and O–H groups in total. The zero-order valence-electron chi connectivity index (χ0n) is 12.4. The number of ether oxygens (including phenoxy) is 1. The van der Waals surface area contributed by atoms with E-state index in [-0.39, 0.29) is 0 Å². The highest BCUT2D eigenvalue weighted by atomic mass is 16.5. The van der Waals surface area contributed by atoms with Crippen LogP contribution < -0.4 is 5.32 Å². The maximum Gasteiger partial charge on any atom is 0.0478 e. The molecule has 0 aliphatic carbocycles. The minimum atomic E-state index is 0.766. The molecule has 3 nitrogen and oxygen atoms in total. The lowest BCUT2D eigenvalue weighted by Crippen LogP contribution is -2.43. The quantitative estimate of drug-likeness (QED) is 0.608. The smallest absolute Gasteiger partial charge is 0.0478 e. The van der Waals surface area contributed by atoms with Gasteiger partial charge in [0.2, 0.25) is 0 Å². The van der Waals surface area contributed by atoms with Gasteiger partial charge < -0.3 is 15.0 Å². The van der Waals surface area contributed by atoms with Gasteiger partial charge in [-0.3, -0.25) is 0 Å². The number of nitrogens with zero attached hydrogens (tertiary/aromatic N) is 1. The standard InChI is InChI=1S/C15H32N2O/c1-3-5-13-18-14-6-10-17-11-7-15(8-12-17)16-9-4-2/h15-16H,3-14H2,1-2H3. The molecule has 1 aliphatic rings. The first-order valence-electron chi connectivity index (χ1n) is 7.90. The van der Waals surface area contributed by atoms with Gasteiger partial charge in [-0.2, -0.15) is 0 Å². The summed E-state index contributed by atoms with van der Waals surface area (Å²) in [7, 11) is 0. The van der Waals surface area contributed by atoms with Gasteiger partial charge in [0.1, 0.15) is 0 Å². The van der Waals surface area contributed by atoms with Crippen molar-refractivity contribution in [3.05, 3.63) is 0 Å². The molecule has 0 aromatic rings. The fourth-order valence-electron chi connectivity index (χ4n) is 2.45. The lowest BCUT2D eigenvalue weighted by Gasteiger charge is -2.32. The topological polar surface area (TPSA) is 24.5 Å². The van der Waals surface area contributed by atoms with Crippen molar-refractivity contribution in [2.24, 2.45) is 0 Å². The molecule has 0 aromatic carbocycles. The monoisotopic (exact) mass is 256 g/mol. The molecule has 0 unspecified atom stereocenters. The van der Waals surface area contributed by atoms with E-state index < -0.39 is 0 Å². The van der Waals surface area contributed by atoms with E-state index >= 15 is 0 Å². The highest BCUT2D eigenvalue weighted by Crippen LogP contribution is 2.10. The molecule has 1 saturated heterocycles. The van der Waals surface area contributed by atoms with Crippen LogP contribution in [0.3, 0.4) is 0 Å². The van der Waals surface area contributed by atoms with Gasteiger partial charge in [0, 0.05) is 25.8 Å². The molecule has 0 aromatic heterocycles. The summed E-state index contributed by atoms with van der Waals surface area (Å²) in [4.78, 5) is 2.59. The van der Waals surface area contributed by atoms with E-state index in [0.29, 0.717) is 0 Å². The molecular weight excluding hydrogens is 224 g/mol. The van der Waals surface area contributed by atoms with E-state index in [1.165, 1.54) is 64.7 Å². The van der Waals surface area contributed by atoms with Gasteiger partial charge in [0.25, 0.3) is 0 Å². The fourth-order valence-corrected chi connectivity index (χ4v) is 2.45. The van der Waals surface area contributed by atoms with Crippen molar-refractivity contribution in [3.8, 4) is 0 Å². The fraction of sp³-hybridized carbons (Fsp3) is 1.00. The van der Waals surface area contributed by atoms with Crippen LogP contribution in [0.25, 0.3) is 0 Å². The first-order valence-corrected chi connectivity index (χ1v) is 7.90.